The third-order valence-electron chi connectivity index (χ3n) is 2.59. The minimum Gasteiger partial charge on any atom is -0.396 e. The van der Waals surface area contributed by atoms with E-state index in [9.17, 15) is 4.79 Å². The maximum absolute atomic E-state index is 11.7. The SMILES string of the molecule is CC(CO)CSCc1ccc(C(=O)N(C)C)cc1. The lowest BCUT2D eigenvalue weighted by Crippen LogP contribution is -2.21. The molecule has 100 valence electrons. The van der Waals surface area contributed by atoms with Gasteiger partial charge in [-0.15, -0.1) is 0 Å². The van der Waals surface area contributed by atoms with E-state index in [2.05, 4.69) is 0 Å². The van der Waals surface area contributed by atoms with Crippen LogP contribution in [-0.2, 0) is 5.75 Å². The Labute approximate surface area is 113 Å². The number of thioether (sulfide) groups is 1. The zero-order valence-electron chi connectivity index (χ0n) is 11.2. The maximum Gasteiger partial charge on any atom is 0.253 e. The largest absolute Gasteiger partial charge is 0.396 e. The molecule has 0 aliphatic heterocycles. The van der Waals surface area contributed by atoms with Crippen LogP contribution in [0.4, 0.5) is 0 Å². The normalized spacial score (nSPS) is 12.2. The van der Waals surface area contributed by atoms with Crippen molar-refractivity contribution in [1.29, 1.82) is 0 Å². The summed E-state index contributed by atoms with van der Waals surface area (Å²) in [5.41, 5.74) is 1.93. The topological polar surface area (TPSA) is 40.5 Å². The lowest BCUT2D eigenvalue weighted by Gasteiger charge is -2.11. The lowest BCUT2D eigenvalue weighted by atomic mass is 10.1. The Hall–Kier alpha value is -1.00. The molecule has 1 aromatic carbocycles. The maximum atomic E-state index is 11.7. The smallest absolute Gasteiger partial charge is 0.253 e. The monoisotopic (exact) mass is 267 g/mol. The average Bonchev–Trinajstić information content (AvgIpc) is 2.38. The first-order valence-electron chi connectivity index (χ1n) is 6.03. The number of aliphatic hydroxyl groups is 1. The molecule has 1 unspecified atom stereocenters. The summed E-state index contributed by atoms with van der Waals surface area (Å²) in [7, 11) is 3.50. The van der Waals surface area contributed by atoms with E-state index in [1.165, 1.54) is 5.56 Å². The van der Waals surface area contributed by atoms with Crippen LogP contribution in [0.25, 0.3) is 0 Å². The molecule has 3 nitrogen and oxygen atoms in total. The molecule has 0 aromatic heterocycles. The van der Waals surface area contributed by atoms with Gasteiger partial charge in [0.05, 0.1) is 0 Å². The van der Waals surface area contributed by atoms with E-state index >= 15 is 0 Å². The Balaban J connectivity index is 2.48. The van der Waals surface area contributed by atoms with Gasteiger partial charge in [0.15, 0.2) is 0 Å². The molecular weight excluding hydrogens is 246 g/mol. The van der Waals surface area contributed by atoms with Gasteiger partial charge < -0.3 is 10.0 Å². The Morgan fingerprint density at radius 1 is 1.33 bits per heavy atom. The summed E-state index contributed by atoms with van der Waals surface area (Å²) in [6.07, 6.45) is 0. The lowest BCUT2D eigenvalue weighted by molar-refractivity contribution is 0.0827. The second-order valence-corrected chi connectivity index (χ2v) is 5.73. The molecule has 0 saturated carbocycles. The van der Waals surface area contributed by atoms with Crippen molar-refractivity contribution in [2.75, 3.05) is 26.5 Å². The number of carbonyl (C=O) groups is 1. The average molecular weight is 267 g/mol. The Kier molecular flexibility index (Phi) is 6.22. The van der Waals surface area contributed by atoms with Gasteiger partial charge in [0, 0.05) is 32.0 Å². The van der Waals surface area contributed by atoms with E-state index in [1.807, 2.05) is 31.2 Å². The van der Waals surface area contributed by atoms with Crippen molar-refractivity contribution in [2.24, 2.45) is 5.92 Å². The Morgan fingerprint density at radius 3 is 2.44 bits per heavy atom. The number of rotatable bonds is 6. The van der Waals surface area contributed by atoms with Crippen LogP contribution in [0, 0.1) is 5.92 Å². The molecule has 0 aliphatic carbocycles. The van der Waals surface area contributed by atoms with Gasteiger partial charge in [-0.1, -0.05) is 19.1 Å². The fourth-order valence-corrected chi connectivity index (χ4v) is 2.49. The minimum absolute atomic E-state index is 0.0307. The molecule has 0 fully saturated rings. The summed E-state index contributed by atoms with van der Waals surface area (Å²) in [4.78, 5) is 13.3. The van der Waals surface area contributed by atoms with Crippen LogP contribution < -0.4 is 0 Å². The summed E-state index contributed by atoms with van der Waals surface area (Å²) in [6.45, 7) is 2.27. The third kappa shape index (κ3) is 4.70. The van der Waals surface area contributed by atoms with Crippen LogP contribution in [0.3, 0.4) is 0 Å². The first-order chi connectivity index (χ1) is 8.54. The van der Waals surface area contributed by atoms with Gasteiger partial charge in [0.25, 0.3) is 5.91 Å². The second-order valence-electron chi connectivity index (χ2n) is 4.70. The fraction of sp³-hybridized carbons (Fsp3) is 0.500. The van der Waals surface area contributed by atoms with Crippen molar-refractivity contribution in [3.05, 3.63) is 35.4 Å². The highest BCUT2D eigenvalue weighted by atomic mass is 32.2. The van der Waals surface area contributed by atoms with Crippen LogP contribution in [0.5, 0.6) is 0 Å². The number of carbonyl (C=O) groups excluding carboxylic acids is 1. The molecular formula is C14H21NO2S. The van der Waals surface area contributed by atoms with Crippen LogP contribution in [0.2, 0.25) is 0 Å². The molecule has 0 radical (unpaired) electrons. The predicted molar refractivity (Wildman–Crippen MR) is 76.9 cm³/mol. The Morgan fingerprint density at radius 2 is 1.94 bits per heavy atom. The number of benzene rings is 1. The predicted octanol–water partition coefficient (Wildman–Crippen LogP) is 2.25. The van der Waals surface area contributed by atoms with Crippen molar-refractivity contribution in [3.8, 4) is 0 Å². The number of amides is 1. The molecule has 0 spiro atoms. The zero-order valence-corrected chi connectivity index (χ0v) is 12.0. The fourth-order valence-electron chi connectivity index (χ4n) is 1.43. The van der Waals surface area contributed by atoms with Crippen molar-refractivity contribution in [2.45, 2.75) is 12.7 Å². The van der Waals surface area contributed by atoms with Gasteiger partial charge in [-0.2, -0.15) is 11.8 Å². The van der Waals surface area contributed by atoms with Crippen molar-refractivity contribution >= 4 is 17.7 Å². The molecule has 0 bridgehead atoms. The zero-order chi connectivity index (χ0) is 13.5. The number of hydrogen-bond acceptors (Lipinski definition) is 3. The summed E-state index contributed by atoms with van der Waals surface area (Å²) in [5, 5.41) is 8.93. The highest BCUT2D eigenvalue weighted by Crippen LogP contribution is 2.16. The second kappa shape index (κ2) is 7.44. The highest BCUT2D eigenvalue weighted by molar-refractivity contribution is 7.98. The van der Waals surface area contributed by atoms with Crippen LogP contribution in [0.15, 0.2) is 24.3 Å². The molecule has 4 heteroatoms. The van der Waals surface area contributed by atoms with Crippen LogP contribution >= 0.6 is 11.8 Å². The molecule has 1 rings (SSSR count). The van der Waals surface area contributed by atoms with E-state index in [1.54, 1.807) is 30.8 Å². The number of nitrogens with zero attached hydrogens (tertiary/aromatic N) is 1. The number of hydrogen-bond donors (Lipinski definition) is 1. The first kappa shape index (κ1) is 15.1. The van der Waals surface area contributed by atoms with Gasteiger partial charge in [-0.25, -0.2) is 0 Å². The van der Waals surface area contributed by atoms with Crippen LogP contribution in [0.1, 0.15) is 22.8 Å². The first-order valence-corrected chi connectivity index (χ1v) is 7.19. The number of aliphatic hydroxyl groups excluding tert-OH is 1. The van der Waals surface area contributed by atoms with Gasteiger partial charge in [0.1, 0.15) is 0 Å². The minimum atomic E-state index is 0.0307. The molecule has 1 aromatic rings. The molecule has 0 heterocycles. The quantitative estimate of drug-likeness (QED) is 0.859. The highest BCUT2D eigenvalue weighted by Gasteiger charge is 2.07. The molecule has 18 heavy (non-hydrogen) atoms. The molecule has 1 atom stereocenters. The van der Waals surface area contributed by atoms with E-state index in [0.717, 1.165) is 17.1 Å². The summed E-state index contributed by atoms with van der Waals surface area (Å²) in [6, 6.07) is 7.72. The Bertz CT molecular complexity index is 376. The van der Waals surface area contributed by atoms with Gasteiger partial charge in [-0.05, 0) is 29.4 Å². The molecule has 0 aliphatic rings. The van der Waals surface area contributed by atoms with Gasteiger partial charge >= 0.3 is 0 Å². The van der Waals surface area contributed by atoms with E-state index in [0.29, 0.717) is 5.92 Å². The van der Waals surface area contributed by atoms with E-state index < -0.39 is 0 Å². The molecule has 0 saturated heterocycles. The summed E-state index contributed by atoms with van der Waals surface area (Å²) >= 11 is 1.80. The van der Waals surface area contributed by atoms with Gasteiger partial charge in [-0.3, -0.25) is 4.79 Å². The summed E-state index contributed by atoms with van der Waals surface area (Å²) < 4.78 is 0. The van der Waals surface area contributed by atoms with E-state index in [-0.39, 0.29) is 12.5 Å². The summed E-state index contributed by atoms with van der Waals surface area (Å²) in [5.74, 6) is 2.24. The molecule has 1 amide bonds. The van der Waals surface area contributed by atoms with E-state index in [4.69, 9.17) is 5.11 Å². The standard InChI is InChI=1S/C14H21NO2S/c1-11(8-16)9-18-10-12-4-6-13(7-5-12)14(17)15(2)3/h4-7,11,16H,8-10H2,1-3H3. The van der Waals surface area contributed by atoms with Crippen molar-refractivity contribution in [3.63, 3.8) is 0 Å². The van der Waals surface area contributed by atoms with Crippen molar-refractivity contribution in [1.82, 2.24) is 4.90 Å². The van der Waals surface area contributed by atoms with Crippen LogP contribution in [-0.4, -0.2) is 42.4 Å². The van der Waals surface area contributed by atoms with Gasteiger partial charge in [0.2, 0.25) is 0 Å². The molecule has 1 N–H and O–H groups in total. The van der Waals surface area contributed by atoms with Crippen molar-refractivity contribution < 1.29 is 9.90 Å². The third-order valence-corrected chi connectivity index (χ3v) is 3.93.